The van der Waals surface area contributed by atoms with Crippen LogP contribution in [0.3, 0.4) is 0 Å². The number of benzene rings is 4. The van der Waals surface area contributed by atoms with Gasteiger partial charge in [-0.1, -0.05) is 217 Å². The smallest absolute Gasteiger partial charge is 0.744 e. The van der Waals surface area contributed by atoms with E-state index in [0.717, 1.165) is 97.2 Å². The minimum absolute atomic E-state index is 0. The van der Waals surface area contributed by atoms with Crippen LogP contribution in [-0.4, -0.2) is 74.8 Å². The van der Waals surface area contributed by atoms with Gasteiger partial charge in [0.25, 0.3) is 0 Å². The van der Waals surface area contributed by atoms with Crippen molar-refractivity contribution in [3.63, 3.8) is 0 Å². The summed E-state index contributed by atoms with van der Waals surface area (Å²) in [6, 6.07) is 19.1. The molecule has 0 aliphatic rings. The van der Waals surface area contributed by atoms with E-state index in [2.05, 4.69) is 39.8 Å². The van der Waals surface area contributed by atoms with Crippen molar-refractivity contribution in [1.29, 1.82) is 0 Å². The fraction of sp³-hybridized carbons (Fsp3) is 0.615. The molecule has 0 heterocycles. The average Bonchev–Trinajstić information content (AvgIpc) is 3.22. The molecule has 9 heteroatoms. The molecule has 0 aliphatic heterocycles. The molecule has 4 rings (SSSR count). The summed E-state index contributed by atoms with van der Waals surface area (Å²) < 4.78 is 73.7. The maximum Gasteiger partial charge on any atom is 2.00 e. The molecule has 6 nitrogen and oxygen atoms in total. The number of unbranched alkanes of at least 4 members (excludes halogenated alkanes) is 20. The number of rotatable bonds is 30. The van der Waals surface area contributed by atoms with Gasteiger partial charge >= 0.3 is 48.9 Å². The molecule has 4 aromatic rings. The molecule has 0 amide bonds. The topological polar surface area (TPSA) is 114 Å². The molecule has 336 valence electrons. The summed E-state index contributed by atoms with van der Waals surface area (Å²) in [6.45, 7) is 8.84. The number of hydrogen-bond acceptors (Lipinski definition) is 6. The number of hydrogen-bond donors (Lipinski definition) is 0. The van der Waals surface area contributed by atoms with Crippen molar-refractivity contribution in [3.8, 4) is 0 Å². The fourth-order valence-corrected chi connectivity index (χ4v) is 10.7. The molecule has 0 radical (unpaired) electrons. The normalized spacial score (nSPS) is 11.8. The maximum absolute atomic E-state index is 12.3. The van der Waals surface area contributed by atoms with E-state index in [1.807, 2.05) is 36.4 Å². The Morgan fingerprint density at radius 2 is 0.639 bits per heavy atom. The standard InChI is InChI=1S/2C26H40O3S.Ba/c2*1-3-5-7-9-11-13-17-22-21-23-18-15-16-20-25(23)26(30(27,28)29)24(22)19-14-12-10-8-6-4-2;/h2*15-16,18,20-21H,3-14,17,19H2,1-2H3,(H,27,28,29);/q;;+2/p-2. The zero-order chi connectivity index (χ0) is 43.6. The Bertz CT molecular complexity index is 1900. The second-order valence-electron chi connectivity index (χ2n) is 17.1. The zero-order valence-corrected chi connectivity index (χ0v) is 44.6. The molecule has 4 aromatic carbocycles. The molecule has 0 atom stereocenters. The first-order valence-corrected chi connectivity index (χ1v) is 26.8. The van der Waals surface area contributed by atoms with Gasteiger partial charge in [-0.25, -0.2) is 16.8 Å². The van der Waals surface area contributed by atoms with Gasteiger partial charge in [-0.3, -0.25) is 0 Å². The molecule has 0 bridgehead atoms. The average molecular weight is 1000 g/mol. The molecule has 0 fully saturated rings. The van der Waals surface area contributed by atoms with E-state index in [-0.39, 0.29) is 58.7 Å². The Kier molecular flexibility index (Phi) is 29.0. The van der Waals surface area contributed by atoms with Crippen molar-refractivity contribution in [2.24, 2.45) is 0 Å². The van der Waals surface area contributed by atoms with Gasteiger partial charge in [-0.05, 0) is 95.2 Å². The van der Waals surface area contributed by atoms with Crippen LogP contribution in [-0.2, 0) is 45.9 Å². The predicted octanol–water partition coefficient (Wildman–Crippen LogP) is 14.7. The molecular weight excluding hydrogens is 922 g/mol. The third-order valence-corrected chi connectivity index (χ3v) is 14.0. The SMILES string of the molecule is CCCCCCCCc1cc2ccccc2c(S(=O)(=O)[O-])c1CCCCCCCC.CCCCCCCCc1cc2ccccc2c(S(=O)(=O)[O-])c1CCCCCCCC.[Ba+2]. The third kappa shape index (κ3) is 20.2. The van der Waals surface area contributed by atoms with E-state index in [0.29, 0.717) is 23.6 Å². The van der Waals surface area contributed by atoms with Crippen LogP contribution in [0.1, 0.15) is 204 Å². The van der Waals surface area contributed by atoms with Gasteiger partial charge in [0, 0.05) is 0 Å². The van der Waals surface area contributed by atoms with E-state index < -0.39 is 20.2 Å². The Hall–Kier alpha value is -1.21. The summed E-state index contributed by atoms with van der Waals surface area (Å²) in [5.41, 5.74) is 3.69. The Morgan fingerprint density at radius 3 is 0.934 bits per heavy atom. The number of aryl methyl sites for hydroxylation is 2. The van der Waals surface area contributed by atoms with Crippen molar-refractivity contribution in [2.75, 3.05) is 0 Å². The van der Waals surface area contributed by atoms with Crippen LogP contribution in [0.4, 0.5) is 0 Å². The molecule has 0 spiro atoms. The molecule has 0 N–H and O–H groups in total. The molecule has 0 saturated heterocycles. The molecular formula is C52H78BaO6S2. The van der Waals surface area contributed by atoms with Crippen LogP contribution in [0.2, 0.25) is 0 Å². The van der Waals surface area contributed by atoms with Gasteiger partial charge in [0.05, 0.1) is 9.79 Å². The van der Waals surface area contributed by atoms with Gasteiger partial charge in [-0.15, -0.1) is 0 Å². The van der Waals surface area contributed by atoms with E-state index in [1.54, 1.807) is 12.1 Å². The largest absolute Gasteiger partial charge is 2.00 e. The molecule has 0 aromatic heterocycles. The fourth-order valence-electron chi connectivity index (χ4n) is 8.75. The van der Waals surface area contributed by atoms with E-state index in [1.165, 1.54) is 103 Å². The van der Waals surface area contributed by atoms with Gasteiger partial charge in [0.2, 0.25) is 0 Å². The minimum Gasteiger partial charge on any atom is -0.744 e. The van der Waals surface area contributed by atoms with Crippen LogP contribution in [0.15, 0.2) is 70.5 Å². The van der Waals surface area contributed by atoms with E-state index in [4.69, 9.17) is 0 Å². The van der Waals surface area contributed by atoms with Gasteiger partial charge < -0.3 is 9.11 Å². The van der Waals surface area contributed by atoms with Crippen molar-refractivity contribution >= 4 is 90.7 Å². The van der Waals surface area contributed by atoms with Crippen molar-refractivity contribution in [1.82, 2.24) is 0 Å². The first-order valence-electron chi connectivity index (χ1n) is 24.0. The van der Waals surface area contributed by atoms with E-state index >= 15 is 0 Å². The van der Waals surface area contributed by atoms with Gasteiger partial charge in [-0.2, -0.15) is 0 Å². The van der Waals surface area contributed by atoms with Crippen LogP contribution in [0, 0.1) is 0 Å². The Morgan fingerprint density at radius 1 is 0.377 bits per heavy atom. The summed E-state index contributed by atoms with van der Waals surface area (Å²) in [7, 11) is -9.05. The Labute approximate surface area is 412 Å². The second-order valence-corrected chi connectivity index (χ2v) is 19.7. The predicted molar refractivity (Wildman–Crippen MR) is 258 cm³/mol. The summed E-state index contributed by atoms with van der Waals surface area (Å²) in [4.78, 5) is 0.0743. The molecule has 0 saturated carbocycles. The first kappa shape index (κ1) is 55.9. The van der Waals surface area contributed by atoms with Crippen LogP contribution in [0.25, 0.3) is 21.5 Å². The van der Waals surface area contributed by atoms with Crippen LogP contribution in [0.5, 0.6) is 0 Å². The van der Waals surface area contributed by atoms with Crippen molar-refractivity contribution in [2.45, 2.75) is 217 Å². The summed E-state index contributed by atoms with van der Waals surface area (Å²) in [5, 5.41) is 2.89. The first-order chi connectivity index (χ1) is 29.0. The quantitative estimate of drug-likeness (QED) is 0.0292. The summed E-state index contributed by atoms with van der Waals surface area (Å²) in [6.07, 6.45) is 31.2. The maximum atomic E-state index is 12.3. The van der Waals surface area contributed by atoms with Gasteiger partial charge in [0.1, 0.15) is 20.2 Å². The van der Waals surface area contributed by atoms with Crippen molar-refractivity contribution in [3.05, 3.63) is 82.9 Å². The molecule has 0 aliphatic carbocycles. The monoisotopic (exact) mass is 1000 g/mol. The molecule has 61 heavy (non-hydrogen) atoms. The van der Waals surface area contributed by atoms with Crippen LogP contribution < -0.4 is 0 Å². The summed E-state index contributed by atoms with van der Waals surface area (Å²) in [5.74, 6) is 0. The Balaban J connectivity index is 0.000000413. The van der Waals surface area contributed by atoms with Gasteiger partial charge in [0.15, 0.2) is 0 Å². The number of fused-ring (bicyclic) bond motifs is 2. The summed E-state index contributed by atoms with van der Waals surface area (Å²) >= 11 is 0. The zero-order valence-electron chi connectivity index (χ0n) is 38.5. The minimum atomic E-state index is -4.53. The van der Waals surface area contributed by atoms with Crippen molar-refractivity contribution < 1.29 is 25.9 Å². The van der Waals surface area contributed by atoms with E-state index in [9.17, 15) is 25.9 Å². The second kappa shape index (κ2) is 31.6. The third-order valence-electron chi connectivity index (χ3n) is 12.1. The molecule has 0 unspecified atom stereocenters. The van der Waals surface area contributed by atoms with Crippen LogP contribution >= 0.6 is 0 Å².